The van der Waals surface area contributed by atoms with Crippen molar-refractivity contribution in [2.75, 3.05) is 19.6 Å². The Morgan fingerprint density at radius 1 is 1.14 bits per heavy atom. The van der Waals surface area contributed by atoms with E-state index in [-0.39, 0.29) is 5.91 Å². The molecule has 1 aliphatic carbocycles. The highest BCUT2D eigenvalue weighted by molar-refractivity contribution is 6.30. The van der Waals surface area contributed by atoms with E-state index >= 15 is 0 Å². The van der Waals surface area contributed by atoms with E-state index in [4.69, 9.17) is 16.7 Å². The second-order valence-electron chi connectivity index (χ2n) is 10.5. The SMILES string of the molecule is CC(C)CN(Cc1nn(-c2cccc(Cl)c2)c2c1CN(CC1CC1)CC2)C(=O)Cc1ccccc1. The Morgan fingerprint density at radius 3 is 2.66 bits per heavy atom. The van der Waals surface area contributed by atoms with Gasteiger partial charge in [-0.2, -0.15) is 5.10 Å². The Morgan fingerprint density at radius 2 is 1.94 bits per heavy atom. The first kappa shape index (κ1) is 24.1. The monoisotopic (exact) mass is 490 g/mol. The number of hydrogen-bond acceptors (Lipinski definition) is 3. The van der Waals surface area contributed by atoms with E-state index in [0.29, 0.717) is 23.9 Å². The predicted molar refractivity (Wildman–Crippen MR) is 141 cm³/mol. The van der Waals surface area contributed by atoms with Gasteiger partial charge in [-0.1, -0.05) is 61.8 Å². The highest BCUT2D eigenvalue weighted by atomic mass is 35.5. The third-order valence-electron chi connectivity index (χ3n) is 6.96. The molecule has 5 nitrogen and oxygen atoms in total. The van der Waals surface area contributed by atoms with E-state index in [1.807, 2.05) is 53.4 Å². The average molecular weight is 491 g/mol. The van der Waals surface area contributed by atoms with E-state index in [1.54, 1.807) is 0 Å². The summed E-state index contributed by atoms with van der Waals surface area (Å²) in [5.41, 5.74) is 5.60. The third-order valence-corrected chi connectivity index (χ3v) is 7.20. The summed E-state index contributed by atoms with van der Waals surface area (Å²) in [6, 6.07) is 17.9. The lowest BCUT2D eigenvalue weighted by molar-refractivity contribution is -0.131. The Balaban J connectivity index is 1.45. The normalized spacial score (nSPS) is 15.9. The molecule has 2 heterocycles. The number of benzene rings is 2. The first-order chi connectivity index (χ1) is 17.0. The van der Waals surface area contributed by atoms with Crippen LogP contribution in [0.1, 0.15) is 49.2 Å². The minimum Gasteiger partial charge on any atom is -0.336 e. The number of carbonyl (C=O) groups excluding carboxylic acids is 1. The lowest BCUT2D eigenvalue weighted by atomic mass is 10.0. The van der Waals surface area contributed by atoms with Crippen molar-refractivity contribution in [3.05, 3.63) is 82.1 Å². The zero-order chi connectivity index (χ0) is 24.4. The summed E-state index contributed by atoms with van der Waals surface area (Å²) in [6.07, 6.45) is 4.09. The molecule has 5 rings (SSSR count). The van der Waals surface area contributed by atoms with Crippen LogP contribution in [0, 0.1) is 11.8 Å². The molecular weight excluding hydrogens is 456 g/mol. The molecule has 0 spiro atoms. The summed E-state index contributed by atoms with van der Waals surface area (Å²) in [4.78, 5) is 18.0. The summed E-state index contributed by atoms with van der Waals surface area (Å²) in [6.45, 7) is 8.72. The molecule has 0 bridgehead atoms. The molecule has 1 aromatic heterocycles. The molecule has 0 N–H and O–H groups in total. The van der Waals surface area contributed by atoms with Crippen molar-refractivity contribution >= 4 is 17.5 Å². The van der Waals surface area contributed by atoms with Crippen LogP contribution in [0.15, 0.2) is 54.6 Å². The van der Waals surface area contributed by atoms with Crippen LogP contribution in [-0.2, 0) is 30.7 Å². The zero-order valence-corrected chi connectivity index (χ0v) is 21.5. The fourth-order valence-corrected chi connectivity index (χ4v) is 5.25. The molecule has 1 aliphatic heterocycles. The topological polar surface area (TPSA) is 41.4 Å². The van der Waals surface area contributed by atoms with Crippen LogP contribution in [0.25, 0.3) is 5.69 Å². The first-order valence-corrected chi connectivity index (χ1v) is 13.2. The predicted octanol–water partition coefficient (Wildman–Crippen LogP) is 5.52. The Kier molecular flexibility index (Phi) is 7.26. The van der Waals surface area contributed by atoms with Crippen LogP contribution in [-0.4, -0.2) is 45.1 Å². The van der Waals surface area contributed by atoms with Crippen LogP contribution in [0.3, 0.4) is 0 Å². The number of nitrogens with zero attached hydrogens (tertiary/aromatic N) is 4. The standard InChI is InChI=1S/C29H35ClN4O/c1-21(2)17-33(29(35)15-22-7-4-3-5-8-22)20-27-26-19-32(18-23-11-12-23)14-13-28(26)34(31-27)25-10-6-9-24(30)16-25/h3-10,16,21,23H,11-15,17-20H2,1-2H3. The van der Waals surface area contributed by atoms with Gasteiger partial charge in [-0.25, -0.2) is 4.68 Å². The van der Waals surface area contributed by atoms with Crippen molar-refractivity contribution in [3.63, 3.8) is 0 Å². The maximum Gasteiger partial charge on any atom is 0.227 e. The van der Waals surface area contributed by atoms with E-state index in [0.717, 1.165) is 48.9 Å². The van der Waals surface area contributed by atoms with Gasteiger partial charge in [0.05, 0.1) is 30.0 Å². The van der Waals surface area contributed by atoms with Crippen molar-refractivity contribution in [2.24, 2.45) is 11.8 Å². The van der Waals surface area contributed by atoms with Crippen LogP contribution in [0.2, 0.25) is 5.02 Å². The zero-order valence-electron chi connectivity index (χ0n) is 20.8. The molecule has 6 heteroatoms. The van der Waals surface area contributed by atoms with E-state index in [9.17, 15) is 4.79 Å². The Hall–Kier alpha value is -2.63. The first-order valence-electron chi connectivity index (χ1n) is 12.9. The molecule has 184 valence electrons. The van der Waals surface area contributed by atoms with E-state index in [2.05, 4.69) is 29.5 Å². The van der Waals surface area contributed by atoms with Gasteiger partial charge in [0.25, 0.3) is 0 Å². The molecule has 0 unspecified atom stereocenters. The maximum atomic E-state index is 13.4. The van der Waals surface area contributed by atoms with Gasteiger partial charge in [0.15, 0.2) is 0 Å². The van der Waals surface area contributed by atoms with Gasteiger partial charge in [-0.05, 0) is 48.4 Å². The van der Waals surface area contributed by atoms with Gasteiger partial charge in [-0.15, -0.1) is 0 Å². The maximum absolute atomic E-state index is 13.4. The number of aromatic nitrogens is 2. The summed E-state index contributed by atoms with van der Waals surface area (Å²) < 4.78 is 2.07. The Bertz CT molecular complexity index is 1170. The van der Waals surface area contributed by atoms with E-state index in [1.165, 1.54) is 30.6 Å². The Labute approximate surface area is 213 Å². The minimum absolute atomic E-state index is 0.154. The molecule has 1 amide bonds. The van der Waals surface area contributed by atoms with Crippen molar-refractivity contribution in [3.8, 4) is 5.69 Å². The summed E-state index contributed by atoms with van der Waals surface area (Å²) in [5, 5.41) is 5.81. The number of rotatable bonds is 9. The van der Waals surface area contributed by atoms with E-state index < -0.39 is 0 Å². The largest absolute Gasteiger partial charge is 0.336 e. The fourth-order valence-electron chi connectivity index (χ4n) is 5.07. The van der Waals surface area contributed by atoms with Crippen molar-refractivity contribution in [1.29, 1.82) is 0 Å². The second-order valence-corrected chi connectivity index (χ2v) is 11.0. The van der Waals surface area contributed by atoms with Gasteiger partial charge in [-0.3, -0.25) is 9.69 Å². The van der Waals surface area contributed by atoms with Crippen LogP contribution in [0.4, 0.5) is 0 Å². The average Bonchev–Trinajstić information content (AvgIpc) is 3.58. The van der Waals surface area contributed by atoms with Crippen LogP contribution in [0.5, 0.6) is 0 Å². The smallest absolute Gasteiger partial charge is 0.227 e. The lowest BCUT2D eigenvalue weighted by Gasteiger charge is -2.29. The molecule has 1 saturated carbocycles. The van der Waals surface area contributed by atoms with Crippen molar-refractivity contribution in [2.45, 2.75) is 52.6 Å². The number of fused-ring (bicyclic) bond motifs is 1. The van der Waals surface area contributed by atoms with Crippen LogP contribution < -0.4 is 0 Å². The fraction of sp³-hybridized carbons (Fsp3) is 0.448. The highest BCUT2D eigenvalue weighted by Gasteiger charge is 2.31. The summed E-state index contributed by atoms with van der Waals surface area (Å²) >= 11 is 6.33. The molecule has 2 aliphatic rings. The second kappa shape index (κ2) is 10.5. The summed E-state index contributed by atoms with van der Waals surface area (Å²) in [5.74, 6) is 1.39. The molecule has 35 heavy (non-hydrogen) atoms. The number of hydrogen-bond donors (Lipinski definition) is 0. The molecule has 2 aromatic carbocycles. The molecule has 0 radical (unpaired) electrons. The van der Waals surface area contributed by atoms with Crippen molar-refractivity contribution in [1.82, 2.24) is 19.6 Å². The number of carbonyl (C=O) groups is 1. The molecule has 0 saturated heterocycles. The molecule has 3 aromatic rings. The number of amides is 1. The van der Waals surface area contributed by atoms with Gasteiger partial charge in [0.1, 0.15) is 0 Å². The third kappa shape index (κ3) is 5.96. The number of halogens is 1. The molecule has 0 atom stereocenters. The molecule has 1 fully saturated rings. The van der Waals surface area contributed by atoms with Crippen molar-refractivity contribution < 1.29 is 4.79 Å². The summed E-state index contributed by atoms with van der Waals surface area (Å²) in [7, 11) is 0. The van der Waals surface area contributed by atoms with Gasteiger partial charge in [0.2, 0.25) is 5.91 Å². The quantitative estimate of drug-likeness (QED) is 0.396. The van der Waals surface area contributed by atoms with Gasteiger partial charge in [0, 0.05) is 43.2 Å². The molecular formula is C29H35ClN4O. The highest BCUT2D eigenvalue weighted by Crippen LogP contribution is 2.33. The lowest BCUT2D eigenvalue weighted by Crippen LogP contribution is -2.36. The van der Waals surface area contributed by atoms with Gasteiger partial charge >= 0.3 is 0 Å². The van der Waals surface area contributed by atoms with Gasteiger partial charge < -0.3 is 4.90 Å². The van der Waals surface area contributed by atoms with Crippen LogP contribution >= 0.6 is 11.6 Å². The minimum atomic E-state index is 0.154.